The van der Waals surface area contributed by atoms with Crippen molar-refractivity contribution in [3.8, 4) is 0 Å². The Bertz CT molecular complexity index is 632. The van der Waals surface area contributed by atoms with Gasteiger partial charge in [-0.2, -0.15) is 0 Å². The molecular weight excluding hydrogens is 298 g/mol. The molecule has 0 bridgehead atoms. The zero-order chi connectivity index (χ0) is 16.0. The van der Waals surface area contributed by atoms with Crippen molar-refractivity contribution in [3.63, 3.8) is 0 Å². The van der Waals surface area contributed by atoms with E-state index in [9.17, 15) is 13.0 Å². The molecule has 0 spiro atoms. The van der Waals surface area contributed by atoms with E-state index in [2.05, 4.69) is 24.3 Å². The third-order valence-corrected chi connectivity index (χ3v) is 4.51. The van der Waals surface area contributed by atoms with E-state index < -0.39 is 10.1 Å². The van der Waals surface area contributed by atoms with Gasteiger partial charge in [0.2, 0.25) is 0 Å². The van der Waals surface area contributed by atoms with Crippen LogP contribution in [-0.2, 0) is 10.1 Å². The number of hydrogen-bond acceptors (Lipinski definition) is 3. The molecule has 118 valence electrons. The van der Waals surface area contributed by atoms with Crippen LogP contribution in [0.3, 0.4) is 0 Å². The van der Waals surface area contributed by atoms with Gasteiger partial charge in [-0.3, -0.25) is 0 Å². The Hall–Kier alpha value is -1.69. The van der Waals surface area contributed by atoms with Crippen LogP contribution in [0.2, 0.25) is 0 Å². The van der Waals surface area contributed by atoms with Crippen molar-refractivity contribution in [2.45, 2.75) is 12.5 Å². The minimum atomic E-state index is -4.14. The smallest absolute Gasteiger partial charge is 0.139 e. The molecule has 1 atom stereocenters. The van der Waals surface area contributed by atoms with Gasteiger partial charge < -0.3 is 9.45 Å². The Kier molecular flexibility index (Phi) is 5.71. The first-order valence-corrected chi connectivity index (χ1v) is 8.91. The molecule has 5 heteroatoms. The normalized spacial score (nSPS) is 13.2. The molecule has 0 aliphatic carbocycles. The number of rotatable bonds is 7. The molecule has 0 aromatic heterocycles. The van der Waals surface area contributed by atoms with Gasteiger partial charge in [-0.15, -0.1) is 0 Å². The van der Waals surface area contributed by atoms with E-state index in [1.807, 2.05) is 43.4 Å². The molecule has 0 saturated heterocycles. The summed E-state index contributed by atoms with van der Waals surface area (Å²) >= 11 is 0. The fourth-order valence-electron chi connectivity index (χ4n) is 2.72. The van der Waals surface area contributed by atoms with E-state index in [1.165, 1.54) is 16.0 Å². The molecule has 2 aromatic carbocycles. The molecule has 0 saturated carbocycles. The lowest BCUT2D eigenvalue weighted by Gasteiger charge is -2.26. The van der Waals surface area contributed by atoms with Crippen LogP contribution in [0.25, 0.3) is 0 Å². The van der Waals surface area contributed by atoms with Gasteiger partial charge in [0, 0.05) is 23.3 Å². The second-order valence-corrected chi connectivity index (χ2v) is 6.99. The van der Waals surface area contributed by atoms with Gasteiger partial charge >= 0.3 is 0 Å². The summed E-state index contributed by atoms with van der Waals surface area (Å²) in [7, 11) is -2.11. The van der Waals surface area contributed by atoms with E-state index in [4.69, 9.17) is 0 Å². The highest BCUT2D eigenvalue weighted by molar-refractivity contribution is 7.85. The lowest BCUT2D eigenvalue weighted by molar-refractivity contribution is -0.906. The first-order valence-electron chi connectivity index (χ1n) is 7.33. The summed E-state index contributed by atoms with van der Waals surface area (Å²) in [5, 5.41) is 0. The van der Waals surface area contributed by atoms with Crippen LogP contribution in [0, 0.1) is 0 Å². The minimum absolute atomic E-state index is 0.122. The maximum atomic E-state index is 10.8. The van der Waals surface area contributed by atoms with Crippen molar-refractivity contribution in [1.29, 1.82) is 0 Å². The van der Waals surface area contributed by atoms with Gasteiger partial charge in [-0.05, 0) is 0 Å². The fraction of sp³-hybridized carbons (Fsp3) is 0.294. The molecule has 0 aliphatic heterocycles. The second-order valence-electron chi connectivity index (χ2n) is 5.47. The number of quaternary nitrogens is 1. The number of benzene rings is 2. The molecule has 0 aliphatic rings. The maximum absolute atomic E-state index is 10.8. The van der Waals surface area contributed by atoms with Crippen molar-refractivity contribution < 1.29 is 17.9 Å². The molecule has 22 heavy (non-hydrogen) atoms. The zero-order valence-corrected chi connectivity index (χ0v) is 13.4. The summed E-state index contributed by atoms with van der Waals surface area (Å²) in [6, 6.07) is 20.4. The summed E-state index contributed by atoms with van der Waals surface area (Å²) < 4.78 is 32.3. The van der Waals surface area contributed by atoms with Gasteiger partial charge in [-0.25, -0.2) is 8.42 Å². The van der Waals surface area contributed by atoms with E-state index >= 15 is 0 Å². The van der Waals surface area contributed by atoms with Crippen molar-refractivity contribution in [2.24, 2.45) is 0 Å². The third kappa shape index (κ3) is 4.94. The highest BCUT2D eigenvalue weighted by atomic mass is 32.2. The Morgan fingerprint density at radius 2 is 1.41 bits per heavy atom. The SMILES string of the molecule is C[NH+](CCCS(=O)(=O)[O-])C(c1ccccc1)c1ccccc1. The largest absolute Gasteiger partial charge is 0.748 e. The van der Waals surface area contributed by atoms with Gasteiger partial charge in [0.25, 0.3) is 0 Å². The first kappa shape index (κ1) is 16.7. The molecule has 2 aromatic rings. The highest BCUT2D eigenvalue weighted by Gasteiger charge is 2.22. The van der Waals surface area contributed by atoms with E-state index in [0.717, 1.165) is 0 Å². The molecule has 1 N–H and O–H groups in total. The van der Waals surface area contributed by atoms with Crippen molar-refractivity contribution >= 4 is 10.1 Å². The van der Waals surface area contributed by atoms with Crippen LogP contribution >= 0.6 is 0 Å². The lowest BCUT2D eigenvalue weighted by atomic mass is 9.97. The molecule has 2 rings (SSSR count). The summed E-state index contributed by atoms with van der Waals surface area (Å²) in [5.41, 5.74) is 2.35. The Labute approximate surface area is 132 Å². The average Bonchev–Trinajstić information content (AvgIpc) is 2.48. The molecule has 0 amide bonds. The lowest BCUT2D eigenvalue weighted by Crippen LogP contribution is -3.09. The summed E-state index contributed by atoms with van der Waals surface area (Å²) in [4.78, 5) is 1.17. The third-order valence-electron chi connectivity index (χ3n) is 3.72. The molecule has 0 fully saturated rings. The molecule has 4 nitrogen and oxygen atoms in total. The van der Waals surface area contributed by atoms with Crippen LogP contribution in [0.5, 0.6) is 0 Å². The minimum Gasteiger partial charge on any atom is -0.748 e. The van der Waals surface area contributed by atoms with Gasteiger partial charge in [0.15, 0.2) is 0 Å². The second kappa shape index (κ2) is 7.54. The first-order chi connectivity index (χ1) is 10.5. The Morgan fingerprint density at radius 1 is 0.955 bits per heavy atom. The van der Waals surface area contributed by atoms with E-state index in [0.29, 0.717) is 13.0 Å². The topological polar surface area (TPSA) is 61.6 Å². The predicted molar refractivity (Wildman–Crippen MR) is 85.7 cm³/mol. The zero-order valence-electron chi connectivity index (χ0n) is 12.6. The molecule has 0 radical (unpaired) electrons. The van der Waals surface area contributed by atoms with E-state index in [1.54, 1.807) is 0 Å². The van der Waals surface area contributed by atoms with Crippen molar-refractivity contribution in [2.75, 3.05) is 19.3 Å². The Morgan fingerprint density at radius 3 is 1.82 bits per heavy atom. The summed E-state index contributed by atoms with van der Waals surface area (Å²) in [6.45, 7) is 0.621. The predicted octanol–water partition coefficient (Wildman–Crippen LogP) is 1.23. The molecule has 1 unspecified atom stereocenters. The molecular formula is C17H21NO3S. The standard InChI is InChI=1S/C17H21NO3S/c1-18(13-8-14-22(19,20)21)17(15-9-4-2-5-10-15)16-11-6-3-7-12-16/h2-7,9-12,17H,8,13-14H2,1H3,(H,19,20,21). The highest BCUT2D eigenvalue weighted by Crippen LogP contribution is 2.18. The summed E-state index contributed by atoms with van der Waals surface area (Å²) in [6.07, 6.45) is 0.369. The van der Waals surface area contributed by atoms with Crippen LogP contribution in [0.15, 0.2) is 60.7 Å². The van der Waals surface area contributed by atoms with Crippen molar-refractivity contribution in [3.05, 3.63) is 71.8 Å². The Balaban J connectivity index is 2.18. The van der Waals surface area contributed by atoms with Gasteiger partial charge in [0.1, 0.15) is 6.04 Å². The maximum Gasteiger partial charge on any atom is 0.139 e. The number of hydrogen-bond donors (Lipinski definition) is 1. The van der Waals surface area contributed by atoms with Gasteiger partial charge in [-0.1, -0.05) is 60.7 Å². The number of nitrogens with one attached hydrogen (secondary N) is 1. The molecule has 0 heterocycles. The van der Waals surface area contributed by atoms with Crippen LogP contribution < -0.4 is 4.90 Å². The van der Waals surface area contributed by atoms with E-state index in [-0.39, 0.29) is 11.8 Å². The van der Waals surface area contributed by atoms with Crippen LogP contribution in [-0.4, -0.2) is 32.3 Å². The average molecular weight is 319 g/mol. The quantitative estimate of drug-likeness (QED) is 0.781. The fourth-order valence-corrected chi connectivity index (χ4v) is 3.22. The van der Waals surface area contributed by atoms with Crippen LogP contribution in [0.1, 0.15) is 23.6 Å². The monoisotopic (exact) mass is 319 g/mol. The summed E-state index contributed by atoms with van der Waals surface area (Å²) in [5.74, 6) is -0.305. The van der Waals surface area contributed by atoms with Crippen molar-refractivity contribution in [1.82, 2.24) is 0 Å². The van der Waals surface area contributed by atoms with Gasteiger partial charge in [0.05, 0.1) is 23.7 Å². The van der Waals surface area contributed by atoms with Crippen LogP contribution in [0.4, 0.5) is 0 Å².